The van der Waals surface area contributed by atoms with Gasteiger partial charge in [-0.15, -0.1) is 0 Å². The topological polar surface area (TPSA) is 49.9 Å². The predicted octanol–water partition coefficient (Wildman–Crippen LogP) is 5.14. The smallest absolute Gasteiger partial charge is 0.257 e. The zero-order chi connectivity index (χ0) is 22.2. The molecule has 1 heterocycles. The molecule has 6 heteroatoms. The number of ether oxygens (including phenoxy) is 1. The van der Waals surface area contributed by atoms with E-state index < -0.39 is 0 Å². The Balaban J connectivity index is 1.59. The van der Waals surface area contributed by atoms with Crippen molar-refractivity contribution in [3.05, 3.63) is 64.1 Å². The molecule has 0 aliphatic carbocycles. The van der Waals surface area contributed by atoms with Crippen LogP contribution in [0, 0.1) is 5.92 Å². The molecule has 2 aromatic carbocycles. The molecule has 166 valence electrons. The third-order valence-electron chi connectivity index (χ3n) is 5.76. The minimum Gasteiger partial charge on any atom is -0.488 e. The van der Waals surface area contributed by atoms with Gasteiger partial charge in [0.2, 0.25) is 5.91 Å². The van der Waals surface area contributed by atoms with Crippen molar-refractivity contribution in [1.29, 1.82) is 0 Å². The molecule has 0 radical (unpaired) electrons. The van der Waals surface area contributed by atoms with Gasteiger partial charge in [0, 0.05) is 37.1 Å². The zero-order valence-corrected chi connectivity index (χ0v) is 19.9. The molecule has 2 aromatic rings. The van der Waals surface area contributed by atoms with E-state index in [1.165, 1.54) is 0 Å². The Labute approximate surface area is 193 Å². The summed E-state index contributed by atoms with van der Waals surface area (Å²) < 4.78 is 6.99. The summed E-state index contributed by atoms with van der Waals surface area (Å²) in [5.74, 6) is 0.771. The highest BCUT2D eigenvalue weighted by molar-refractivity contribution is 9.10. The molecular formula is C25H31BrN2O3. The molecule has 0 spiro atoms. The fraction of sp³-hybridized carbons (Fsp3) is 0.440. The first-order valence-corrected chi connectivity index (χ1v) is 11.8. The number of para-hydroxylation sites is 1. The second-order valence-corrected chi connectivity index (χ2v) is 9.01. The molecule has 0 unspecified atom stereocenters. The lowest BCUT2D eigenvalue weighted by atomic mass is 9.94. The quantitative estimate of drug-likeness (QED) is 0.518. The average Bonchev–Trinajstić information content (AvgIpc) is 2.80. The first-order chi connectivity index (χ1) is 15.0. The lowest BCUT2D eigenvalue weighted by Crippen LogP contribution is -2.43. The second-order valence-electron chi connectivity index (χ2n) is 8.09. The molecule has 1 aliphatic heterocycles. The predicted molar refractivity (Wildman–Crippen MR) is 126 cm³/mol. The van der Waals surface area contributed by atoms with E-state index in [1.807, 2.05) is 65.4 Å². The summed E-state index contributed by atoms with van der Waals surface area (Å²) in [6, 6.07) is 15.3. The van der Waals surface area contributed by atoms with Crippen molar-refractivity contribution in [3.8, 4) is 5.75 Å². The third kappa shape index (κ3) is 6.33. The van der Waals surface area contributed by atoms with E-state index in [4.69, 9.17) is 4.74 Å². The molecular weight excluding hydrogens is 456 g/mol. The number of benzene rings is 2. The van der Waals surface area contributed by atoms with Gasteiger partial charge in [0.15, 0.2) is 0 Å². The molecule has 1 aliphatic rings. The van der Waals surface area contributed by atoms with E-state index in [1.54, 1.807) is 0 Å². The molecule has 0 aromatic heterocycles. The monoisotopic (exact) mass is 486 g/mol. The largest absolute Gasteiger partial charge is 0.488 e. The Bertz CT molecular complexity index is 894. The van der Waals surface area contributed by atoms with Crippen LogP contribution >= 0.6 is 15.9 Å². The Hall–Kier alpha value is -2.34. The van der Waals surface area contributed by atoms with Gasteiger partial charge >= 0.3 is 0 Å². The van der Waals surface area contributed by atoms with Gasteiger partial charge in [-0.05, 0) is 49.1 Å². The van der Waals surface area contributed by atoms with Crippen molar-refractivity contribution < 1.29 is 14.3 Å². The molecule has 2 amide bonds. The number of halogens is 1. The van der Waals surface area contributed by atoms with Crippen LogP contribution in [-0.4, -0.2) is 48.3 Å². The van der Waals surface area contributed by atoms with Crippen molar-refractivity contribution in [3.63, 3.8) is 0 Å². The Morgan fingerprint density at radius 3 is 2.58 bits per heavy atom. The highest BCUT2D eigenvalue weighted by Gasteiger charge is 2.30. The van der Waals surface area contributed by atoms with Crippen LogP contribution in [0.15, 0.2) is 53.0 Å². The number of hydrogen-bond acceptors (Lipinski definition) is 3. The van der Waals surface area contributed by atoms with E-state index in [0.29, 0.717) is 43.9 Å². The summed E-state index contributed by atoms with van der Waals surface area (Å²) in [6.07, 6.45) is 3.52. The van der Waals surface area contributed by atoms with Gasteiger partial charge in [-0.1, -0.05) is 53.5 Å². The maximum absolute atomic E-state index is 13.2. The summed E-state index contributed by atoms with van der Waals surface area (Å²) in [6.45, 7) is 4.51. The highest BCUT2D eigenvalue weighted by Crippen LogP contribution is 2.25. The van der Waals surface area contributed by atoms with Crippen LogP contribution in [0.1, 0.15) is 48.5 Å². The van der Waals surface area contributed by atoms with Crippen LogP contribution in [0.4, 0.5) is 0 Å². The highest BCUT2D eigenvalue weighted by atomic mass is 79.9. The number of carbonyl (C=O) groups is 2. The minimum absolute atomic E-state index is 0.00827. The van der Waals surface area contributed by atoms with Crippen LogP contribution in [0.3, 0.4) is 0 Å². The number of hydrogen-bond donors (Lipinski definition) is 0. The summed E-state index contributed by atoms with van der Waals surface area (Å²) >= 11 is 3.47. The lowest BCUT2D eigenvalue weighted by molar-refractivity contribution is -0.135. The normalized spacial score (nSPS) is 14.4. The number of piperidine rings is 1. The van der Waals surface area contributed by atoms with Crippen LogP contribution in [-0.2, 0) is 11.4 Å². The number of amides is 2. The van der Waals surface area contributed by atoms with Crippen LogP contribution in [0.25, 0.3) is 0 Å². The van der Waals surface area contributed by atoms with Gasteiger partial charge in [0.25, 0.3) is 5.91 Å². The fourth-order valence-corrected chi connectivity index (χ4v) is 4.32. The zero-order valence-electron chi connectivity index (χ0n) is 18.4. The summed E-state index contributed by atoms with van der Waals surface area (Å²) in [4.78, 5) is 29.5. The third-order valence-corrected chi connectivity index (χ3v) is 6.25. The maximum atomic E-state index is 13.2. The molecule has 3 rings (SSSR count). The van der Waals surface area contributed by atoms with Gasteiger partial charge in [-0.25, -0.2) is 0 Å². The van der Waals surface area contributed by atoms with Gasteiger partial charge in [-0.3, -0.25) is 9.59 Å². The number of unbranched alkanes of at least 4 members (excludes halogenated alkanes) is 1. The Morgan fingerprint density at radius 2 is 1.87 bits per heavy atom. The molecule has 0 atom stereocenters. The van der Waals surface area contributed by atoms with Crippen molar-refractivity contribution in [2.45, 2.75) is 39.2 Å². The van der Waals surface area contributed by atoms with Crippen LogP contribution in [0.5, 0.6) is 5.75 Å². The number of rotatable bonds is 8. The Morgan fingerprint density at radius 1 is 1.13 bits per heavy atom. The van der Waals surface area contributed by atoms with E-state index >= 15 is 0 Å². The van der Waals surface area contributed by atoms with Gasteiger partial charge in [0.1, 0.15) is 12.4 Å². The molecule has 1 fully saturated rings. The average molecular weight is 487 g/mol. The number of nitrogens with zero attached hydrogens (tertiary/aromatic N) is 2. The van der Waals surface area contributed by atoms with Crippen molar-refractivity contribution in [2.75, 3.05) is 26.7 Å². The first-order valence-electron chi connectivity index (χ1n) is 11.0. The van der Waals surface area contributed by atoms with Crippen LogP contribution < -0.4 is 4.74 Å². The van der Waals surface area contributed by atoms with Crippen molar-refractivity contribution in [2.24, 2.45) is 5.92 Å². The molecule has 0 bridgehead atoms. The molecule has 0 N–H and O–H groups in total. The van der Waals surface area contributed by atoms with Crippen molar-refractivity contribution in [1.82, 2.24) is 9.80 Å². The molecule has 5 nitrogen and oxygen atoms in total. The molecule has 0 saturated carbocycles. The maximum Gasteiger partial charge on any atom is 0.257 e. The van der Waals surface area contributed by atoms with E-state index in [-0.39, 0.29) is 17.7 Å². The summed E-state index contributed by atoms with van der Waals surface area (Å²) in [5, 5.41) is 0. The van der Waals surface area contributed by atoms with Crippen molar-refractivity contribution >= 4 is 27.7 Å². The second kappa shape index (κ2) is 11.3. The number of carbonyl (C=O) groups excluding carboxylic acids is 2. The molecule has 31 heavy (non-hydrogen) atoms. The first kappa shape index (κ1) is 23.3. The van der Waals surface area contributed by atoms with Crippen LogP contribution in [0.2, 0.25) is 0 Å². The van der Waals surface area contributed by atoms with Gasteiger partial charge < -0.3 is 14.5 Å². The van der Waals surface area contributed by atoms with Gasteiger partial charge in [0.05, 0.1) is 5.56 Å². The molecule has 1 saturated heterocycles. The van der Waals surface area contributed by atoms with E-state index in [9.17, 15) is 9.59 Å². The van der Waals surface area contributed by atoms with Gasteiger partial charge in [-0.2, -0.15) is 0 Å². The summed E-state index contributed by atoms with van der Waals surface area (Å²) in [7, 11) is 1.88. The minimum atomic E-state index is -0.0323. The Kier molecular flexibility index (Phi) is 8.52. The fourth-order valence-electron chi connectivity index (χ4n) is 3.87. The van der Waals surface area contributed by atoms with E-state index in [0.717, 1.165) is 29.4 Å². The standard InChI is InChI=1S/C25H31BrN2O3/c1-3-4-14-27(2)24(29)20-12-15-28(16-13-20)25(30)22-10-5-6-11-23(22)31-18-19-8-7-9-21(26)17-19/h5-11,17,20H,3-4,12-16,18H2,1-2H3. The SMILES string of the molecule is CCCCN(C)C(=O)C1CCN(C(=O)c2ccccc2OCc2cccc(Br)c2)CC1. The lowest BCUT2D eigenvalue weighted by Gasteiger charge is -2.33. The van der Waals surface area contributed by atoms with E-state index in [2.05, 4.69) is 22.9 Å². The number of likely N-dealkylation sites (tertiary alicyclic amines) is 1. The summed E-state index contributed by atoms with van der Waals surface area (Å²) in [5.41, 5.74) is 1.60.